The van der Waals surface area contributed by atoms with E-state index < -0.39 is 17.8 Å². The molecule has 0 spiro atoms. The van der Waals surface area contributed by atoms with Crippen LogP contribution in [0.25, 0.3) is 6.08 Å². The highest BCUT2D eigenvalue weighted by Gasteiger charge is 2.39. The third-order valence-corrected chi connectivity index (χ3v) is 4.13. The van der Waals surface area contributed by atoms with Crippen LogP contribution in [-0.4, -0.2) is 35.2 Å². The molecule has 0 saturated carbocycles. The number of amides is 3. The number of hydrogen-bond acceptors (Lipinski definition) is 4. The van der Waals surface area contributed by atoms with Gasteiger partial charge >= 0.3 is 0 Å². The Bertz CT molecular complexity index is 729. The lowest BCUT2D eigenvalue weighted by Crippen LogP contribution is -2.52. The van der Waals surface area contributed by atoms with Crippen molar-refractivity contribution in [2.75, 3.05) is 6.54 Å². The number of imide groups is 1. The van der Waals surface area contributed by atoms with Crippen molar-refractivity contribution >= 4 is 23.8 Å². The molecule has 1 unspecified atom stereocenters. The van der Waals surface area contributed by atoms with Gasteiger partial charge in [-0.2, -0.15) is 0 Å². The summed E-state index contributed by atoms with van der Waals surface area (Å²) in [6.07, 6.45) is 1.80. The standard InChI is InChI=1S/C16H16FN3O3/c17-10(7-18)6-9-2-1-3-11-12(9)8-20(16(11)23)13-4-5-14(21)19-15(13)22/h1-3,6,13H,4-5,7-8,18H2,(H,19,21,22)/b10-6-. The predicted octanol–water partition coefficient (Wildman–Crippen LogP) is 0.717. The molecule has 7 heteroatoms. The summed E-state index contributed by atoms with van der Waals surface area (Å²) in [4.78, 5) is 37.2. The van der Waals surface area contributed by atoms with Crippen LogP contribution < -0.4 is 11.1 Å². The number of benzene rings is 1. The fraction of sp³-hybridized carbons (Fsp3) is 0.312. The van der Waals surface area contributed by atoms with Crippen LogP contribution in [0.5, 0.6) is 0 Å². The Morgan fingerprint density at radius 1 is 1.39 bits per heavy atom. The van der Waals surface area contributed by atoms with Gasteiger partial charge in [-0.1, -0.05) is 12.1 Å². The quantitative estimate of drug-likeness (QED) is 0.803. The molecule has 2 aliphatic heterocycles. The zero-order chi connectivity index (χ0) is 16.6. The molecule has 1 fully saturated rings. The van der Waals surface area contributed by atoms with E-state index >= 15 is 0 Å². The van der Waals surface area contributed by atoms with E-state index in [1.165, 1.54) is 11.0 Å². The Morgan fingerprint density at radius 2 is 2.17 bits per heavy atom. The Kier molecular flexibility index (Phi) is 3.96. The third-order valence-electron chi connectivity index (χ3n) is 4.13. The molecule has 23 heavy (non-hydrogen) atoms. The number of nitrogens with one attached hydrogen (secondary N) is 1. The number of carbonyl (C=O) groups is 3. The van der Waals surface area contributed by atoms with Crippen molar-refractivity contribution in [1.82, 2.24) is 10.2 Å². The minimum atomic E-state index is -0.677. The van der Waals surface area contributed by atoms with Gasteiger partial charge in [0.1, 0.15) is 11.9 Å². The number of hydrogen-bond donors (Lipinski definition) is 2. The molecule has 1 aromatic rings. The summed E-state index contributed by atoms with van der Waals surface area (Å²) >= 11 is 0. The second-order valence-corrected chi connectivity index (χ2v) is 5.57. The number of nitrogens with zero attached hydrogens (tertiary/aromatic N) is 1. The zero-order valence-electron chi connectivity index (χ0n) is 12.3. The highest BCUT2D eigenvalue weighted by Crippen LogP contribution is 2.30. The summed E-state index contributed by atoms with van der Waals surface area (Å²) in [6, 6.07) is 4.35. The first-order chi connectivity index (χ1) is 11.0. The van der Waals surface area contributed by atoms with E-state index in [1.807, 2.05) is 0 Å². The molecular weight excluding hydrogens is 301 g/mol. The number of carbonyl (C=O) groups excluding carboxylic acids is 3. The van der Waals surface area contributed by atoms with Crippen molar-refractivity contribution < 1.29 is 18.8 Å². The molecule has 1 atom stereocenters. The topological polar surface area (TPSA) is 92.5 Å². The minimum absolute atomic E-state index is 0.199. The molecule has 0 aromatic heterocycles. The van der Waals surface area contributed by atoms with Crippen molar-refractivity contribution in [3.8, 4) is 0 Å². The van der Waals surface area contributed by atoms with Gasteiger partial charge in [0.15, 0.2) is 0 Å². The van der Waals surface area contributed by atoms with E-state index in [2.05, 4.69) is 5.32 Å². The minimum Gasteiger partial charge on any atom is -0.325 e. The largest absolute Gasteiger partial charge is 0.325 e. The maximum atomic E-state index is 13.5. The van der Waals surface area contributed by atoms with E-state index in [0.717, 1.165) is 0 Å². The fourth-order valence-electron chi connectivity index (χ4n) is 2.97. The SMILES string of the molecule is NC/C(F)=C/c1cccc2c1CN(C1CCC(=O)NC1=O)C2=O. The third kappa shape index (κ3) is 2.75. The van der Waals surface area contributed by atoms with E-state index in [4.69, 9.17) is 5.73 Å². The molecule has 3 amide bonds. The molecule has 6 nitrogen and oxygen atoms in total. The fourth-order valence-corrected chi connectivity index (χ4v) is 2.97. The summed E-state index contributed by atoms with van der Waals surface area (Å²) in [7, 11) is 0. The van der Waals surface area contributed by atoms with Gasteiger partial charge in [0, 0.05) is 25.1 Å². The molecule has 0 radical (unpaired) electrons. The molecule has 3 N–H and O–H groups in total. The van der Waals surface area contributed by atoms with Crippen LogP contribution in [-0.2, 0) is 16.1 Å². The van der Waals surface area contributed by atoms with Gasteiger partial charge in [0.05, 0.1) is 0 Å². The number of rotatable bonds is 3. The summed E-state index contributed by atoms with van der Waals surface area (Å²) in [5.74, 6) is -1.56. The van der Waals surface area contributed by atoms with Crippen LogP contribution in [0.2, 0.25) is 0 Å². The monoisotopic (exact) mass is 317 g/mol. The first kappa shape index (κ1) is 15.4. The molecule has 3 rings (SSSR count). The summed E-state index contributed by atoms with van der Waals surface area (Å²) in [5, 5.41) is 2.25. The van der Waals surface area contributed by atoms with Gasteiger partial charge in [-0.05, 0) is 29.7 Å². The van der Waals surface area contributed by atoms with Gasteiger partial charge in [0.2, 0.25) is 11.8 Å². The van der Waals surface area contributed by atoms with Gasteiger partial charge in [-0.15, -0.1) is 0 Å². The maximum Gasteiger partial charge on any atom is 0.255 e. The van der Waals surface area contributed by atoms with Gasteiger partial charge in [0.25, 0.3) is 5.91 Å². The van der Waals surface area contributed by atoms with Crippen molar-refractivity contribution in [1.29, 1.82) is 0 Å². The molecule has 120 valence electrons. The highest BCUT2D eigenvalue weighted by atomic mass is 19.1. The van der Waals surface area contributed by atoms with Crippen LogP contribution in [0, 0.1) is 0 Å². The van der Waals surface area contributed by atoms with E-state index in [1.54, 1.807) is 18.2 Å². The first-order valence-corrected chi connectivity index (χ1v) is 7.34. The lowest BCUT2D eigenvalue weighted by atomic mass is 10.0. The van der Waals surface area contributed by atoms with Gasteiger partial charge in [-0.3, -0.25) is 19.7 Å². The molecule has 0 bridgehead atoms. The molecule has 1 saturated heterocycles. The average Bonchev–Trinajstić information content (AvgIpc) is 2.86. The van der Waals surface area contributed by atoms with Crippen LogP contribution in [0.1, 0.15) is 34.3 Å². The maximum absolute atomic E-state index is 13.5. The number of nitrogens with two attached hydrogens (primary N) is 1. The number of fused-ring (bicyclic) bond motifs is 1. The summed E-state index contributed by atoms with van der Waals surface area (Å²) in [5.41, 5.74) is 6.96. The van der Waals surface area contributed by atoms with E-state index in [-0.39, 0.29) is 31.3 Å². The molecular formula is C16H16FN3O3. The van der Waals surface area contributed by atoms with Gasteiger partial charge < -0.3 is 10.6 Å². The second-order valence-electron chi connectivity index (χ2n) is 5.57. The zero-order valence-corrected chi connectivity index (χ0v) is 12.3. The molecule has 1 aromatic carbocycles. The van der Waals surface area contributed by atoms with Crippen molar-refractivity contribution in [3.63, 3.8) is 0 Å². The van der Waals surface area contributed by atoms with Crippen molar-refractivity contribution in [2.45, 2.75) is 25.4 Å². The normalized spacial score (nSPS) is 21.5. The smallest absolute Gasteiger partial charge is 0.255 e. The van der Waals surface area contributed by atoms with Crippen LogP contribution in [0.3, 0.4) is 0 Å². The van der Waals surface area contributed by atoms with Crippen molar-refractivity contribution in [2.24, 2.45) is 5.73 Å². The number of halogens is 1. The van der Waals surface area contributed by atoms with E-state index in [0.29, 0.717) is 23.1 Å². The summed E-state index contributed by atoms with van der Waals surface area (Å²) in [6.45, 7) is -0.000556. The Hall–Kier alpha value is -2.54. The number of piperidine rings is 1. The summed E-state index contributed by atoms with van der Waals surface area (Å²) < 4.78 is 13.5. The van der Waals surface area contributed by atoms with Crippen molar-refractivity contribution in [3.05, 3.63) is 40.7 Å². The Labute approximate surface area is 132 Å². The lowest BCUT2D eigenvalue weighted by Gasteiger charge is -2.29. The molecule has 2 aliphatic rings. The Morgan fingerprint density at radius 3 is 2.87 bits per heavy atom. The molecule has 0 aliphatic carbocycles. The lowest BCUT2D eigenvalue weighted by molar-refractivity contribution is -0.136. The first-order valence-electron chi connectivity index (χ1n) is 7.34. The van der Waals surface area contributed by atoms with Crippen LogP contribution in [0.15, 0.2) is 24.0 Å². The van der Waals surface area contributed by atoms with Crippen LogP contribution in [0.4, 0.5) is 4.39 Å². The second kappa shape index (κ2) is 5.92. The van der Waals surface area contributed by atoms with Gasteiger partial charge in [-0.25, -0.2) is 4.39 Å². The predicted molar refractivity (Wildman–Crippen MR) is 80.6 cm³/mol. The molecule has 2 heterocycles. The highest BCUT2D eigenvalue weighted by molar-refractivity contribution is 6.05. The Balaban J connectivity index is 1.91. The van der Waals surface area contributed by atoms with E-state index in [9.17, 15) is 18.8 Å². The van der Waals surface area contributed by atoms with Crippen LogP contribution >= 0.6 is 0 Å². The average molecular weight is 317 g/mol.